The van der Waals surface area contributed by atoms with Crippen LogP contribution in [0.4, 0.5) is 11.4 Å². The molecule has 0 fully saturated rings. The zero-order chi connectivity index (χ0) is 23.1. The average molecular weight is 441 g/mol. The Labute approximate surface area is 189 Å². The molecule has 0 spiro atoms. The molecular formula is C25H32N2O5. The minimum atomic E-state index is -0.271. The number of rotatable bonds is 10. The second-order valence-electron chi connectivity index (χ2n) is 7.44. The normalized spacial score (nSPS) is 12.9. The quantitative estimate of drug-likeness (QED) is 0.573. The van der Waals surface area contributed by atoms with Crippen LogP contribution in [0.25, 0.3) is 0 Å². The molecule has 172 valence electrons. The lowest BCUT2D eigenvalue weighted by atomic mass is 10.00. The van der Waals surface area contributed by atoms with E-state index in [1.807, 2.05) is 43.9 Å². The number of benzene rings is 2. The Bertz CT molecular complexity index is 946. The van der Waals surface area contributed by atoms with Crippen molar-refractivity contribution in [1.29, 1.82) is 0 Å². The fourth-order valence-corrected chi connectivity index (χ4v) is 3.83. The molecule has 1 aliphatic rings. The Hall–Kier alpha value is -3.22. The van der Waals surface area contributed by atoms with Crippen LogP contribution in [-0.2, 0) is 11.2 Å². The van der Waals surface area contributed by atoms with Gasteiger partial charge in [-0.15, -0.1) is 0 Å². The minimum Gasteiger partial charge on any atom is -0.490 e. The molecule has 0 aliphatic carbocycles. The van der Waals surface area contributed by atoms with Crippen molar-refractivity contribution in [3.8, 4) is 17.2 Å². The molecule has 2 aromatic rings. The highest BCUT2D eigenvalue weighted by molar-refractivity contribution is 6.05. The predicted octanol–water partition coefficient (Wildman–Crippen LogP) is 4.82. The van der Waals surface area contributed by atoms with Crippen molar-refractivity contribution in [2.45, 2.75) is 47.0 Å². The third-order valence-corrected chi connectivity index (χ3v) is 5.16. The van der Waals surface area contributed by atoms with Gasteiger partial charge in [0.2, 0.25) is 11.7 Å². The smallest absolute Gasteiger partial charge is 0.255 e. The van der Waals surface area contributed by atoms with E-state index in [9.17, 15) is 9.59 Å². The number of hydrogen-bond acceptors (Lipinski definition) is 5. The van der Waals surface area contributed by atoms with Crippen LogP contribution in [0.2, 0.25) is 0 Å². The summed E-state index contributed by atoms with van der Waals surface area (Å²) in [4.78, 5) is 27.1. The van der Waals surface area contributed by atoms with Gasteiger partial charge in [0.05, 0.1) is 19.8 Å². The summed E-state index contributed by atoms with van der Waals surface area (Å²) in [5.74, 6) is 1.33. The van der Waals surface area contributed by atoms with Gasteiger partial charge in [0, 0.05) is 29.9 Å². The first-order valence-electron chi connectivity index (χ1n) is 11.3. The fraction of sp³-hybridized carbons (Fsp3) is 0.440. The monoisotopic (exact) mass is 440 g/mol. The van der Waals surface area contributed by atoms with Crippen LogP contribution >= 0.6 is 0 Å². The average Bonchev–Trinajstić information content (AvgIpc) is 2.78. The van der Waals surface area contributed by atoms with Crippen molar-refractivity contribution in [3.63, 3.8) is 0 Å². The SMILES string of the molecule is CCCN1C(=O)CCc2cc(NC(=O)c3cc(OCC)c(OCC)c(OCC)c3)ccc21. The van der Waals surface area contributed by atoms with Crippen molar-refractivity contribution < 1.29 is 23.8 Å². The van der Waals surface area contributed by atoms with E-state index < -0.39 is 0 Å². The number of ether oxygens (including phenoxy) is 3. The zero-order valence-electron chi connectivity index (χ0n) is 19.3. The van der Waals surface area contributed by atoms with E-state index >= 15 is 0 Å². The van der Waals surface area contributed by atoms with Crippen LogP contribution in [0.15, 0.2) is 30.3 Å². The predicted molar refractivity (Wildman–Crippen MR) is 125 cm³/mol. The van der Waals surface area contributed by atoms with Gasteiger partial charge in [-0.2, -0.15) is 0 Å². The first-order valence-corrected chi connectivity index (χ1v) is 11.3. The van der Waals surface area contributed by atoms with Crippen molar-refractivity contribution in [3.05, 3.63) is 41.5 Å². The van der Waals surface area contributed by atoms with Crippen molar-refractivity contribution in [2.24, 2.45) is 0 Å². The maximum Gasteiger partial charge on any atom is 0.255 e. The molecule has 7 heteroatoms. The van der Waals surface area contributed by atoms with E-state index in [0.29, 0.717) is 67.7 Å². The molecule has 2 amide bonds. The molecule has 0 aromatic heterocycles. The second kappa shape index (κ2) is 10.9. The van der Waals surface area contributed by atoms with Gasteiger partial charge >= 0.3 is 0 Å². The summed E-state index contributed by atoms with van der Waals surface area (Å²) in [6.07, 6.45) is 2.05. The zero-order valence-corrected chi connectivity index (χ0v) is 19.3. The largest absolute Gasteiger partial charge is 0.490 e. The van der Waals surface area contributed by atoms with Gasteiger partial charge in [0.1, 0.15) is 0 Å². The van der Waals surface area contributed by atoms with Gasteiger partial charge in [0.25, 0.3) is 5.91 Å². The Morgan fingerprint density at radius 3 is 2.19 bits per heavy atom. The van der Waals surface area contributed by atoms with Gasteiger partial charge in [-0.25, -0.2) is 0 Å². The number of nitrogens with zero attached hydrogens (tertiary/aromatic N) is 1. The number of nitrogens with one attached hydrogen (secondary N) is 1. The lowest BCUT2D eigenvalue weighted by Crippen LogP contribution is -2.35. The summed E-state index contributed by atoms with van der Waals surface area (Å²) in [5, 5.41) is 2.96. The summed E-state index contributed by atoms with van der Waals surface area (Å²) >= 11 is 0. The topological polar surface area (TPSA) is 77.1 Å². The molecule has 0 unspecified atom stereocenters. The van der Waals surface area contributed by atoms with Crippen molar-refractivity contribution in [1.82, 2.24) is 0 Å². The Kier molecular flexibility index (Phi) is 7.98. The van der Waals surface area contributed by atoms with Crippen LogP contribution in [0.3, 0.4) is 0 Å². The molecule has 0 atom stereocenters. The standard InChI is InChI=1S/C25H32N2O5/c1-5-13-27-20-11-10-19(14-17(20)9-12-23(27)28)26-25(29)18-15-21(30-6-2)24(32-8-4)22(16-18)31-7-3/h10-11,14-16H,5-9,12-13H2,1-4H3,(H,26,29). The Morgan fingerprint density at radius 2 is 1.59 bits per heavy atom. The highest BCUT2D eigenvalue weighted by Crippen LogP contribution is 2.39. The second-order valence-corrected chi connectivity index (χ2v) is 7.44. The summed E-state index contributed by atoms with van der Waals surface area (Å²) in [5.41, 5.74) is 3.09. The number of amides is 2. The van der Waals surface area contributed by atoms with Crippen LogP contribution in [0.1, 0.15) is 56.5 Å². The van der Waals surface area contributed by atoms with Gasteiger partial charge in [-0.05, 0) is 69.5 Å². The van der Waals surface area contributed by atoms with Crippen LogP contribution < -0.4 is 24.4 Å². The molecule has 0 bridgehead atoms. The maximum absolute atomic E-state index is 13.1. The number of fused-ring (bicyclic) bond motifs is 1. The lowest BCUT2D eigenvalue weighted by Gasteiger charge is -2.29. The number of anilines is 2. The molecule has 7 nitrogen and oxygen atoms in total. The highest BCUT2D eigenvalue weighted by atomic mass is 16.5. The Morgan fingerprint density at radius 1 is 0.938 bits per heavy atom. The molecule has 1 heterocycles. The van der Waals surface area contributed by atoms with Gasteiger partial charge in [0.15, 0.2) is 11.5 Å². The summed E-state index contributed by atoms with van der Waals surface area (Å²) in [6.45, 7) is 9.73. The van der Waals surface area contributed by atoms with Gasteiger partial charge < -0.3 is 24.4 Å². The molecule has 1 aliphatic heterocycles. The Balaban J connectivity index is 1.87. The maximum atomic E-state index is 13.1. The van der Waals surface area contributed by atoms with Gasteiger partial charge in [-0.3, -0.25) is 9.59 Å². The van der Waals surface area contributed by atoms with Crippen molar-refractivity contribution >= 4 is 23.2 Å². The molecule has 0 saturated carbocycles. The van der Waals surface area contributed by atoms with E-state index in [-0.39, 0.29) is 11.8 Å². The molecule has 0 saturated heterocycles. The third kappa shape index (κ3) is 5.15. The molecule has 0 radical (unpaired) electrons. The number of hydrogen-bond donors (Lipinski definition) is 1. The van der Waals surface area contributed by atoms with E-state index in [0.717, 1.165) is 17.7 Å². The first-order chi connectivity index (χ1) is 15.5. The summed E-state index contributed by atoms with van der Waals surface area (Å²) in [7, 11) is 0. The molecule has 2 aromatic carbocycles. The first kappa shape index (κ1) is 23.4. The van der Waals surface area contributed by atoms with E-state index in [2.05, 4.69) is 12.2 Å². The number of aryl methyl sites for hydroxylation is 1. The number of carbonyl (C=O) groups excluding carboxylic acids is 2. The molecular weight excluding hydrogens is 408 g/mol. The minimum absolute atomic E-state index is 0.150. The molecule has 32 heavy (non-hydrogen) atoms. The van der Waals surface area contributed by atoms with Crippen molar-refractivity contribution in [2.75, 3.05) is 36.6 Å². The van der Waals surface area contributed by atoms with Crippen LogP contribution in [0, 0.1) is 0 Å². The van der Waals surface area contributed by atoms with Crippen LogP contribution in [0.5, 0.6) is 17.2 Å². The van der Waals surface area contributed by atoms with E-state index in [4.69, 9.17) is 14.2 Å². The summed E-state index contributed by atoms with van der Waals surface area (Å²) in [6, 6.07) is 9.04. The summed E-state index contributed by atoms with van der Waals surface area (Å²) < 4.78 is 17.1. The van der Waals surface area contributed by atoms with E-state index in [1.165, 1.54) is 0 Å². The van der Waals surface area contributed by atoms with Gasteiger partial charge in [-0.1, -0.05) is 6.92 Å². The number of carbonyl (C=O) groups is 2. The fourth-order valence-electron chi connectivity index (χ4n) is 3.83. The third-order valence-electron chi connectivity index (χ3n) is 5.16. The molecule has 3 rings (SSSR count). The van der Waals surface area contributed by atoms with E-state index in [1.54, 1.807) is 12.1 Å². The van der Waals surface area contributed by atoms with Crippen LogP contribution in [-0.4, -0.2) is 38.2 Å². The molecule has 1 N–H and O–H groups in total. The lowest BCUT2D eigenvalue weighted by molar-refractivity contribution is -0.118. The highest BCUT2D eigenvalue weighted by Gasteiger charge is 2.24.